The molecule has 1 saturated carbocycles. The average Bonchev–Trinajstić information content (AvgIpc) is 3.35. The minimum absolute atomic E-state index is 0.0208. The van der Waals surface area contributed by atoms with Gasteiger partial charge in [-0.2, -0.15) is 0 Å². The quantitative estimate of drug-likeness (QED) is 0.262. The van der Waals surface area contributed by atoms with Crippen LogP contribution in [-0.2, 0) is 4.79 Å². The molecule has 182 valence electrons. The number of aromatic nitrogens is 3. The van der Waals surface area contributed by atoms with Crippen LogP contribution in [0.1, 0.15) is 40.0 Å². The SMILES string of the molecule is CC1(C)CC2CC(C)(CN2C(=O)CSc2nnc(-c3ccc([N+](=O)[O-])cc3)n2-c2ccccc2)C1. The Balaban J connectivity index is 1.39. The molecule has 2 bridgehead atoms. The van der Waals surface area contributed by atoms with Crippen molar-refractivity contribution in [3.63, 3.8) is 0 Å². The molecule has 2 aliphatic rings. The lowest BCUT2D eigenvalue weighted by Gasteiger charge is -2.39. The molecule has 1 aromatic heterocycles. The van der Waals surface area contributed by atoms with Crippen molar-refractivity contribution in [2.45, 2.75) is 51.2 Å². The Hall–Kier alpha value is -3.20. The molecule has 9 heteroatoms. The molecular weight excluding hydrogens is 462 g/mol. The highest BCUT2D eigenvalue weighted by Gasteiger charge is 2.50. The first-order chi connectivity index (χ1) is 16.6. The molecule has 2 aromatic carbocycles. The first-order valence-electron chi connectivity index (χ1n) is 11.8. The van der Waals surface area contributed by atoms with Gasteiger partial charge in [0.15, 0.2) is 11.0 Å². The molecule has 0 spiro atoms. The lowest BCUT2D eigenvalue weighted by molar-refractivity contribution is -0.384. The van der Waals surface area contributed by atoms with E-state index in [-0.39, 0.29) is 28.2 Å². The zero-order chi connectivity index (χ0) is 24.8. The van der Waals surface area contributed by atoms with E-state index in [0.717, 1.165) is 31.5 Å². The van der Waals surface area contributed by atoms with Crippen molar-refractivity contribution in [1.29, 1.82) is 0 Å². The molecule has 1 saturated heterocycles. The van der Waals surface area contributed by atoms with E-state index >= 15 is 0 Å². The number of rotatable bonds is 6. The summed E-state index contributed by atoms with van der Waals surface area (Å²) in [5, 5.41) is 20.5. The number of para-hydroxylation sites is 1. The highest BCUT2D eigenvalue weighted by atomic mass is 32.2. The molecule has 2 fully saturated rings. The topological polar surface area (TPSA) is 94.2 Å². The number of hydrogen-bond acceptors (Lipinski definition) is 6. The van der Waals surface area contributed by atoms with Crippen LogP contribution in [0, 0.1) is 20.9 Å². The largest absolute Gasteiger partial charge is 0.338 e. The summed E-state index contributed by atoms with van der Waals surface area (Å²) < 4.78 is 1.91. The molecule has 0 N–H and O–H groups in total. The number of nitrogens with zero attached hydrogens (tertiary/aromatic N) is 5. The maximum Gasteiger partial charge on any atom is 0.269 e. The van der Waals surface area contributed by atoms with Crippen molar-refractivity contribution in [2.75, 3.05) is 12.3 Å². The van der Waals surface area contributed by atoms with Crippen molar-refractivity contribution < 1.29 is 9.72 Å². The van der Waals surface area contributed by atoms with Gasteiger partial charge in [0, 0.05) is 36.0 Å². The summed E-state index contributed by atoms with van der Waals surface area (Å²) in [5.41, 5.74) is 2.06. The molecule has 0 radical (unpaired) electrons. The van der Waals surface area contributed by atoms with Crippen LogP contribution in [-0.4, -0.2) is 48.8 Å². The van der Waals surface area contributed by atoms with Gasteiger partial charge in [0.25, 0.3) is 5.69 Å². The number of hydrogen-bond donors (Lipinski definition) is 0. The zero-order valence-electron chi connectivity index (χ0n) is 20.2. The third-order valence-corrected chi connectivity index (χ3v) is 7.96. The predicted molar refractivity (Wildman–Crippen MR) is 135 cm³/mol. The van der Waals surface area contributed by atoms with Crippen LogP contribution in [0.3, 0.4) is 0 Å². The maximum atomic E-state index is 13.3. The number of likely N-dealkylation sites (tertiary alicyclic amines) is 1. The molecule has 1 amide bonds. The van der Waals surface area contributed by atoms with E-state index in [9.17, 15) is 14.9 Å². The number of non-ortho nitro benzene ring substituents is 1. The molecule has 5 rings (SSSR count). The monoisotopic (exact) mass is 491 g/mol. The summed E-state index contributed by atoms with van der Waals surface area (Å²) in [4.78, 5) is 26.0. The Kier molecular flexibility index (Phi) is 5.91. The van der Waals surface area contributed by atoms with E-state index in [1.807, 2.05) is 34.9 Å². The normalized spacial score (nSPS) is 22.8. The number of nitro benzene ring substituents is 1. The molecule has 8 nitrogen and oxygen atoms in total. The fourth-order valence-corrected chi connectivity index (χ4v) is 6.89. The highest BCUT2D eigenvalue weighted by Crippen LogP contribution is 2.52. The average molecular weight is 492 g/mol. The molecule has 2 atom stereocenters. The summed E-state index contributed by atoms with van der Waals surface area (Å²) in [5.74, 6) is 1.01. The summed E-state index contributed by atoms with van der Waals surface area (Å²) in [6, 6.07) is 16.3. The van der Waals surface area contributed by atoms with Gasteiger partial charge in [-0.1, -0.05) is 50.7 Å². The minimum Gasteiger partial charge on any atom is -0.338 e. The van der Waals surface area contributed by atoms with Crippen LogP contribution >= 0.6 is 11.8 Å². The van der Waals surface area contributed by atoms with Crippen molar-refractivity contribution in [3.05, 3.63) is 64.7 Å². The van der Waals surface area contributed by atoms with E-state index < -0.39 is 4.92 Å². The van der Waals surface area contributed by atoms with Crippen molar-refractivity contribution in [3.8, 4) is 17.1 Å². The van der Waals surface area contributed by atoms with E-state index in [2.05, 4.69) is 35.9 Å². The molecular formula is C26H29N5O3S. The number of thioether (sulfide) groups is 1. The lowest BCUT2D eigenvalue weighted by Crippen LogP contribution is -2.38. The summed E-state index contributed by atoms with van der Waals surface area (Å²) in [6.07, 6.45) is 3.27. The minimum atomic E-state index is -0.423. The second kappa shape index (κ2) is 8.78. The van der Waals surface area contributed by atoms with Gasteiger partial charge < -0.3 is 4.90 Å². The van der Waals surface area contributed by atoms with Crippen LogP contribution in [0.25, 0.3) is 17.1 Å². The predicted octanol–water partition coefficient (Wildman–Crippen LogP) is 5.36. The fourth-order valence-electron chi connectivity index (χ4n) is 6.05. The van der Waals surface area contributed by atoms with E-state index in [1.54, 1.807) is 12.1 Å². The fraction of sp³-hybridized carbons (Fsp3) is 0.423. The first kappa shape index (κ1) is 23.5. The Labute approximate surface area is 208 Å². The second-order valence-electron chi connectivity index (χ2n) is 10.8. The van der Waals surface area contributed by atoms with Gasteiger partial charge in [-0.15, -0.1) is 10.2 Å². The third kappa shape index (κ3) is 4.69. The molecule has 35 heavy (non-hydrogen) atoms. The molecule has 1 aliphatic heterocycles. The van der Waals surface area contributed by atoms with Crippen LogP contribution in [0.15, 0.2) is 59.8 Å². The Morgan fingerprint density at radius 3 is 2.49 bits per heavy atom. The van der Waals surface area contributed by atoms with Gasteiger partial charge in [-0.3, -0.25) is 19.5 Å². The number of nitro groups is 1. The number of carbonyl (C=O) groups is 1. The first-order valence-corrected chi connectivity index (χ1v) is 12.8. The van der Waals surface area contributed by atoms with Crippen LogP contribution in [0.4, 0.5) is 5.69 Å². The van der Waals surface area contributed by atoms with Gasteiger partial charge >= 0.3 is 0 Å². The smallest absolute Gasteiger partial charge is 0.269 e. The van der Waals surface area contributed by atoms with Crippen molar-refractivity contribution in [2.24, 2.45) is 10.8 Å². The van der Waals surface area contributed by atoms with E-state index in [1.165, 1.54) is 23.9 Å². The van der Waals surface area contributed by atoms with Gasteiger partial charge in [0.05, 0.1) is 10.7 Å². The van der Waals surface area contributed by atoms with Crippen molar-refractivity contribution >= 4 is 23.4 Å². The summed E-state index contributed by atoms with van der Waals surface area (Å²) in [7, 11) is 0. The molecule has 2 unspecified atom stereocenters. The standard InChI is InChI=1S/C26H29N5O3S/c1-25(2)13-21-14-26(3,16-25)17-29(21)22(32)15-35-24-28-27-23(30(24)19-7-5-4-6-8-19)18-9-11-20(12-10-18)31(33)34/h4-12,21H,13-17H2,1-3H3. The van der Waals surface area contributed by atoms with Crippen LogP contribution in [0.5, 0.6) is 0 Å². The van der Waals surface area contributed by atoms with Gasteiger partial charge in [0.1, 0.15) is 0 Å². The number of carbonyl (C=O) groups excluding carboxylic acids is 1. The molecule has 3 aromatic rings. The van der Waals surface area contributed by atoms with Crippen molar-refractivity contribution in [1.82, 2.24) is 19.7 Å². The second-order valence-corrected chi connectivity index (χ2v) is 11.7. The highest BCUT2D eigenvalue weighted by molar-refractivity contribution is 7.99. The van der Waals surface area contributed by atoms with Crippen LogP contribution in [0.2, 0.25) is 0 Å². The van der Waals surface area contributed by atoms with E-state index in [4.69, 9.17) is 0 Å². The third-order valence-electron chi connectivity index (χ3n) is 7.04. The zero-order valence-corrected chi connectivity index (χ0v) is 21.0. The van der Waals surface area contributed by atoms with Gasteiger partial charge in [-0.05, 0) is 54.4 Å². The van der Waals surface area contributed by atoms with Gasteiger partial charge in [-0.25, -0.2) is 0 Å². The lowest BCUT2D eigenvalue weighted by atomic mass is 9.65. The summed E-state index contributed by atoms with van der Waals surface area (Å²) in [6.45, 7) is 7.74. The molecule has 2 heterocycles. The Morgan fingerprint density at radius 1 is 1.09 bits per heavy atom. The number of amides is 1. The number of benzene rings is 2. The molecule has 1 aliphatic carbocycles. The Bertz CT molecular complexity index is 1260. The maximum absolute atomic E-state index is 13.3. The van der Waals surface area contributed by atoms with Gasteiger partial charge in [0.2, 0.25) is 5.91 Å². The van der Waals surface area contributed by atoms with Crippen LogP contribution < -0.4 is 0 Å². The Morgan fingerprint density at radius 2 is 1.80 bits per heavy atom. The van der Waals surface area contributed by atoms with E-state index in [0.29, 0.717) is 22.6 Å². The number of fused-ring (bicyclic) bond motifs is 2. The summed E-state index contributed by atoms with van der Waals surface area (Å²) >= 11 is 1.38.